The first-order valence-corrected chi connectivity index (χ1v) is 8.30. The third-order valence-corrected chi connectivity index (χ3v) is 4.42. The van der Waals surface area contributed by atoms with Gasteiger partial charge in [-0.25, -0.2) is 0 Å². The van der Waals surface area contributed by atoms with Crippen molar-refractivity contribution < 1.29 is 9.72 Å². The normalized spacial score (nSPS) is 15.3. The van der Waals surface area contributed by atoms with Gasteiger partial charge in [-0.3, -0.25) is 24.5 Å². The molecular formula is C16H18ClN5O3. The Morgan fingerprint density at radius 2 is 1.88 bits per heavy atom. The second kappa shape index (κ2) is 7.62. The summed E-state index contributed by atoms with van der Waals surface area (Å²) in [5.74, 6) is -0.0795. The summed E-state index contributed by atoms with van der Waals surface area (Å²) in [6, 6.07) is 7.76. The van der Waals surface area contributed by atoms with Crippen molar-refractivity contribution in [3.05, 3.63) is 57.4 Å². The quantitative estimate of drug-likeness (QED) is 0.597. The third-order valence-electron chi connectivity index (χ3n) is 4.17. The van der Waals surface area contributed by atoms with E-state index in [9.17, 15) is 14.9 Å². The van der Waals surface area contributed by atoms with Crippen molar-refractivity contribution in [3.63, 3.8) is 0 Å². The average Bonchev–Trinajstić information content (AvgIpc) is 3.06. The maximum absolute atomic E-state index is 12.3. The van der Waals surface area contributed by atoms with E-state index in [4.69, 9.17) is 11.6 Å². The summed E-state index contributed by atoms with van der Waals surface area (Å²) in [7, 11) is 0. The van der Waals surface area contributed by atoms with E-state index in [2.05, 4.69) is 10.00 Å². The van der Waals surface area contributed by atoms with Crippen molar-refractivity contribution in [2.75, 3.05) is 26.2 Å². The average molecular weight is 364 g/mol. The molecule has 0 spiro atoms. The molecule has 0 atom stereocenters. The van der Waals surface area contributed by atoms with Crippen LogP contribution in [0.1, 0.15) is 5.56 Å². The number of amides is 1. The van der Waals surface area contributed by atoms with Crippen LogP contribution in [0.5, 0.6) is 0 Å². The summed E-state index contributed by atoms with van der Waals surface area (Å²) in [6.07, 6.45) is 2.42. The summed E-state index contributed by atoms with van der Waals surface area (Å²) in [6.45, 7) is 3.68. The van der Waals surface area contributed by atoms with Crippen LogP contribution < -0.4 is 0 Å². The number of hydrogen-bond donors (Lipinski definition) is 0. The van der Waals surface area contributed by atoms with Gasteiger partial charge in [0.2, 0.25) is 5.91 Å². The molecule has 8 nitrogen and oxygen atoms in total. The summed E-state index contributed by atoms with van der Waals surface area (Å²) >= 11 is 5.89. The Labute approximate surface area is 149 Å². The Morgan fingerprint density at radius 3 is 2.48 bits per heavy atom. The highest BCUT2D eigenvalue weighted by Crippen LogP contribution is 2.13. The molecule has 25 heavy (non-hydrogen) atoms. The molecule has 1 aliphatic heterocycles. The zero-order chi connectivity index (χ0) is 17.8. The molecule has 1 aromatic carbocycles. The number of carbonyl (C=O) groups excluding carboxylic acids is 1. The molecule has 1 aliphatic rings. The number of halogens is 1. The molecule has 1 saturated heterocycles. The highest BCUT2D eigenvalue weighted by molar-refractivity contribution is 6.30. The van der Waals surface area contributed by atoms with E-state index in [1.807, 2.05) is 24.3 Å². The highest BCUT2D eigenvalue weighted by Gasteiger charge is 2.22. The van der Waals surface area contributed by atoms with Crippen LogP contribution in [-0.4, -0.2) is 56.6 Å². The molecule has 0 unspecified atom stereocenters. The van der Waals surface area contributed by atoms with E-state index in [0.717, 1.165) is 30.9 Å². The van der Waals surface area contributed by atoms with Crippen molar-refractivity contribution >= 4 is 23.2 Å². The Hall–Kier alpha value is -2.45. The minimum Gasteiger partial charge on any atom is -0.339 e. The van der Waals surface area contributed by atoms with Crippen molar-refractivity contribution in [1.29, 1.82) is 0 Å². The second-order valence-electron chi connectivity index (χ2n) is 5.94. The molecule has 132 valence electrons. The smallest absolute Gasteiger partial charge is 0.307 e. The number of hydrogen-bond acceptors (Lipinski definition) is 5. The fourth-order valence-corrected chi connectivity index (χ4v) is 2.90. The number of benzene rings is 1. The van der Waals surface area contributed by atoms with Crippen molar-refractivity contribution in [2.24, 2.45) is 0 Å². The van der Waals surface area contributed by atoms with Gasteiger partial charge in [0.05, 0.1) is 4.92 Å². The lowest BCUT2D eigenvalue weighted by Crippen LogP contribution is -2.49. The van der Waals surface area contributed by atoms with E-state index in [0.29, 0.717) is 13.1 Å². The first-order chi connectivity index (χ1) is 12.0. The van der Waals surface area contributed by atoms with Crippen LogP contribution in [-0.2, 0) is 17.9 Å². The van der Waals surface area contributed by atoms with Crippen molar-refractivity contribution in [3.8, 4) is 0 Å². The van der Waals surface area contributed by atoms with E-state index in [1.54, 1.807) is 4.90 Å². The number of nitrogens with zero attached hydrogens (tertiary/aromatic N) is 5. The summed E-state index contributed by atoms with van der Waals surface area (Å²) in [4.78, 5) is 26.5. The molecule has 0 radical (unpaired) electrons. The van der Waals surface area contributed by atoms with Gasteiger partial charge in [-0.2, -0.15) is 5.10 Å². The van der Waals surface area contributed by atoms with Gasteiger partial charge in [0.1, 0.15) is 18.9 Å². The first-order valence-electron chi connectivity index (χ1n) is 7.93. The fraction of sp³-hybridized carbons (Fsp3) is 0.375. The largest absolute Gasteiger partial charge is 0.339 e. The molecule has 2 heterocycles. The minimum absolute atomic E-state index is 0.0189. The Bertz CT molecular complexity index is 753. The SMILES string of the molecule is O=C(Cn1cc([N+](=O)[O-])cn1)N1CCN(Cc2ccc(Cl)cc2)CC1. The number of piperazine rings is 1. The Morgan fingerprint density at radius 1 is 1.20 bits per heavy atom. The van der Waals surface area contributed by atoms with Gasteiger partial charge < -0.3 is 4.90 Å². The van der Waals surface area contributed by atoms with Gasteiger partial charge in [-0.05, 0) is 17.7 Å². The van der Waals surface area contributed by atoms with E-state index in [-0.39, 0.29) is 18.1 Å². The van der Waals surface area contributed by atoms with E-state index >= 15 is 0 Å². The third kappa shape index (κ3) is 4.55. The van der Waals surface area contributed by atoms with Crippen LogP contribution in [0.15, 0.2) is 36.7 Å². The fourth-order valence-electron chi connectivity index (χ4n) is 2.78. The lowest BCUT2D eigenvalue weighted by Gasteiger charge is -2.34. The van der Waals surface area contributed by atoms with Gasteiger partial charge in [0.25, 0.3) is 0 Å². The number of aromatic nitrogens is 2. The molecule has 0 aliphatic carbocycles. The van der Waals surface area contributed by atoms with Gasteiger partial charge in [-0.15, -0.1) is 0 Å². The molecule has 3 rings (SSSR count). The lowest BCUT2D eigenvalue weighted by molar-refractivity contribution is -0.385. The molecule has 0 bridgehead atoms. The predicted molar refractivity (Wildman–Crippen MR) is 92.2 cm³/mol. The zero-order valence-corrected chi connectivity index (χ0v) is 14.3. The number of nitro groups is 1. The maximum atomic E-state index is 12.3. The van der Waals surface area contributed by atoms with Gasteiger partial charge in [0.15, 0.2) is 0 Å². The van der Waals surface area contributed by atoms with E-state index < -0.39 is 4.92 Å². The predicted octanol–water partition coefficient (Wildman–Crippen LogP) is 1.79. The molecule has 2 aromatic rings. The van der Waals surface area contributed by atoms with Crippen LogP contribution in [0.2, 0.25) is 5.02 Å². The van der Waals surface area contributed by atoms with Gasteiger partial charge >= 0.3 is 5.69 Å². The van der Waals surface area contributed by atoms with Crippen molar-refractivity contribution in [1.82, 2.24) is 19.6 Å². The Balaban J connectivity index is 1.48. The topological polar surface area (TPSA) is 84.5 Å². The number of rotatable bonds is 5. The molecule has 0 saturated carbocycles. The van der Waals surface area contributed by atoms with Crippen molar-refractivity contribution in [2.45, 2.75) is 13.1 Å². The maximum Gasteiger partial charge on any atom is 0.307 e. The van der Waals surface area contributed by atoms with E-state index in [1.165, 1.54) is 16.4 Å². The number of carbonyl (C=O) groups is 1. The molecule has 1 amide bonds. The van der Waals surface area contributed by atoms with Crippen LogP contribution in [0.3, 0.4) is 0 Å². The van der Waals surface area contributed by atoms with Gasteiger partial charge in [0, 0.05) is 37.7 Å². The monoisotopic (exact) mass is 363 g/mol. The van der Waals surface area contributed by atoms with Crippen LogP contribution in [0, 0.1) is 10.1 Å². The molecule has 1 aromatic heterocycles. The van der Waals surface area contributed by atoms with Crippen LogP contribution in [0.25, 0.3) is 0 Å². The molecule has 0 N–H and O–H groups in total. The zero-order valence-electron chi connectivity index (χ0n) is 13.5. The molecular weight excluding hydrogens is 346 g/mol. The summed E-state index contributed by atoms with van der Waals surface area (Å²) in [5, 5.41) is 15.2. The lowest BCUT2D eigenvalue weighted by atomic mass is 10.2. The highest BCUT2D eigenvalue weighted by atomic mass is 35.5. The minimum atomic E-state index is -0.524. The van der Waals surface area contributed by atoms with Crippen LogP contribution in [0.4, 0.5) is 5.69 Å². The summed E-state index contributed by atoms with van der Waals surface area (Å²) < 4.78 is 1.31. The first kappa shape index (κ1) is 17.4. The molecule has 1 fully saturated rings. The van der Waals surface area contributed by atoms with Crippen LogP contribution >= 0.6 is 11.6 Å². The van der Waals surface area contributed by atoms with Gasteiger partial charge in [-0.1, -0.05) is 23.7 Å². The standard InChI is InChI=1S/C16H18ClN5O3/c17-14-3-1-13(2-4-14)10-19-5-7-20(8-6-19)16(23)12-21-11-15(9-18-21)22(24)25/h1-4,9,11H,5-8,10,12H2. The molecule has 9 heteroatoms. The Kier molecular flexibility index (Phi) is 5.30. The second-order valence-corrected chi connectivity index (χ2v) is 6.37. The summed E-state index contributed by atoms with van der Waals surface area (Å²) in [5.41, 5.74) is 1.08.